The third kappa shape index (κ3) is 4.83. The van der Waals surface area contributed by atoms with Gasteiger partial charge in [0.1, 0.15) is 0 Å². The number of thioether (sulfide) groups is 2. The summed E-state index contributed by atoms with van der Waals surface area (Å²) < 4.78 is 0.517. The minimum atomic E-state index is -0.0910. The lowest BCUT2D eigenvalue weighted by atomic mass is 9.84. The van der Waals surface area contributed by atoms with Crippen molar-refractivity contribution >= 4 is 29.4 Å². The molecule has 1 N–H and O–H groups in total. The van der Waals surface area contributed by atoms with Gasteiger partial charge in [0.15, 0.2) is 0 Å². The van der Waals surface area contributed by atoms with E-state index in [2.05, 4.69) is 43.4 Å². The van der Waals surface area contributed by atoms with E-state index in [1.807, 2.05) is 53.9 Å². The van der Waals surface area contributed by atoms with Crippen molar-refractivity contribution in [3.05, 3.63) is 71.3 Å². The van der Waals surface area contributed by atoms with Crippen LogP contribution in [0.15, 0.2) is 54.6 Å². The van der Waals surface area contributed by atoms with Gasteiger partial charge in [-0.15, -0.1) is 23.5 Å². The topological polar surface area (TPSA) is 29.1 Å². The number of hydrogen-bond donors (Lipinski definition) is 1. The van der Waals surface area contributed by atoms with Crippen LogP contribution >= 0.6 is 23.5 Å². The van der Waals surface area contributed by atoms with Crippen LogP contribution in [-0.2, 0) is 5.41 Å². The van der Waals surface area contributed by atoms with Gasteiger partial charge < -0.3 is 5.32 Å². The lowest BCUT2D eigenvalue weighted by molar-refractivity contribution is 0.0945. The van der Waals surface area contributed by atoms with Crippen LogP contribution in [-0.4, -0.2) is 24.0 Å². The third-order valence-electron chi connectivity index (χ3n) is 4.52. The number of carbonyl (C=O) groups is 1. The van der Waals surface area contributed by atoms with E-state index in [0.717, 1.165) is 5.56 Å². The highest BCUT2D eigenvalue weighted by atomic mass is 32.2. The summed E-state index contributed by atoms with van der Waals surface area (Å²) in [5.74, 6) is 2.46. The van der Waals surface area contributed by atoms with Gasteiger partial charge in [0, 0.05) is 17.5 Å². The maximum absolute atomic E-state index is 12.5. The fourth-order valence-corrected chi connectivity index (χ4v) is 5.76. The number of nitrogens with one attached hydrogen (secondary N) is 1. The molecule has 2 aromatic rings. The van der Waals surface area contributed by atoms with Gasteiger partial charge in [0.25, 0.3) is 5.91 Å². The first-order valence-electron chi connectivity index (χ1n) is 8.73. The van der Waals surface area contributed by atoms with Crippen molar-refractivity contribution in [3.63, 3.8) is 0 Å². The first kappa shape index (κ1) is 18.4. The summed E-state index contributed by atoms with van der Waals surface area (Å²) in [6.07, 6.45) is 1.30. The largest absolute Gasteiger partial charge is 0.351 e. The second-order valence-corrected chi connectivity index (χ2v) is 9.71. The maximum Gasteiger partial charge on any atom is 0.251 e. The summed E-state index contributed by atoms with van der Waals surface area (Å²) >= 11 is 4.01. The highest BCUT2D eigenvalue weighted by Gasteiger charge is 2.22. The third-order valence-corrected chi connectivity index (χ3v) is 7.53. The second-order valence-electron chi connectivity index (χ2n) is 6.98. The Bertz CT molecular complexity index is 692. The molecule has 1 fully saturated rings. The predicted octanol–water partition coefficient (Wildman–Crippen LogP) is 5.26. The molecule has 1 aliphatic rings. The van der Waals surface area contributed by atoms with Crippen LogP contribution in [0.25, 0.3) is 0 Å². The van der Waals surface area contributed by atoms with Gasteiger partial charge in [-0.05, 0) is 41.2 Å². The SMILES string of the molecule is CC(C)(CNC(=O)c1ccc(C2SCCCS2)cc1)c1ccccc1. The Kier molecular flexibility index (Phi) is 6.13. The average molecular weight is 372 g/mol. The second kappa shape index (κ2) is 8.33. The Balaban J connectivity index is 1.59. The van der Waals surface area contributed by atoms with E-state index in [-0.39, 0.29) is 11.3 Å². The van der Waals surface area contributed by atoms with Crippen molar-refractivity contribution in [3.8, 4) is 0 Å². The van der Waals surface area contributed by atoms with Crippen LogP contribution in [0, 0.1) is 0 Å². The molecule has 0 radical (unpaired) electrons. The lowest BCUT2D eigenvalue weighted by Crippen LogP contribution is -2.36. The van der Waals surface area contributed by atoms with E-state index >= 15 is 0 Å². The number of carbonyl (C=O) groups excluding carboxylic acids is 1. The van der Waals surface area contributed by atoms with Gasteiger partial charge in [0.05, 0.1) is 4.58 Å². The Hall–Kier alpha value is -1.39. The van der Waals surface area contributed by atoms with Crippen molar-refractivity contribution < 1.29 is 4.79 Å². The smallest absolute Gasteiger partial charge is 0.251 e. The normalized spacial score (nSPS) is 15.8. The van der Waals surface area contributed by atoms with Crippen molar-refractivity contribution in [2.45, 2.75) is 30.3 Å². The average Bonchev–Trinajstić information content (AvgIpc) is 2.68. The van der Waals surface area contributed by atoms with Gasteiger partial charge in [-0.25, -0.2) is 0 Å². The molecule has 0 aromatic heterocycles. The summed E-state index contributed by atoms with van der Waals surface area (Å²) in [5, 5.41) is 3.09. The minimum Gasteiger partial charge on any atom is -0.351 e. The van der Waals surface area contributed by atoms with E-state index < -0.39 is 0 Å². The monoisotopic (exact) mass is 371 g/mol. The van der Waals surface area contributed by atoms with E-state index in [0.29, 0.717) is 11.1 Å². The van der Waals surface area contributed by atoms with Crippen LogP contribution in [0.5, 0.6) is 0 Å². The van der Waals surface area contributed by atoms with Gasteiger partial charge >= 0.3 is 0 Å². The molecular formula is C21H25NOS2. The van der Waals surface area contributed by atoms with Crippen molar-refractivity contribution in [1.29, 1.82) is 0 Å². The summed E-state index contributed by atoms with van der Waals surface area (Å²) in [4.78, 5) is 12.5. The van der Waals surface area contributed by atoms with Gasteiger partial charge in [0.2, 0.25) is 0 Å². The lowest BCUT2D eigenvalue weighted by Gasteiger charge is -2.25. The first-order valence-corrected chi connectivity index (χ1v) is 10.8. The molecule has 0 unspecified atom stereocenters. The molecule has 0 saturated carbocycles. The zero-order valence-electron chi connectivity index (χ0n) is 14.8. The van der Waals surface area contributed by atoms with E-state index in [1.165, 1.54) is 29.1 Å². The highest BCUT2D eigenvalue weighted by Crippen LogP contribution is 2.43. The predicted molar refractivity (Wildman–Crippen MR) is 111 cm³/mol. The number of amides is 1. The Morgan fingerprint density at radius 1 is 1.04 bits per heavy atom. The Morgan fingerprint density at radius 3 is 2.32 bits per heavy atom. The molecule has 1 amide bonds. The molecule has 0 atom stereocenters. The molecular weight excluding hydrogens is 346 g/mol. The fraction of sp³-hybridized carbons (Fsp3) is 0.381. The first-order chi connectivity index (χ1) is 12.1. The van der Waals surface area contributed by atoms with Crippen LogP contribution < -0.4 is 5.32 Å². The minimum absolute atomic E-state index is 0.000457. The molecule has 25 heavy (non-hydrogen) atoms. The number of hydrogen-bond acceptors (Lipinski definition) is 3. The van der Waals surface area contributed by atoms with Crippen LogP contribution in [0.2, 0.25) is 0 Å². The molecule has 2 nitrogen and oxygen atoms in total. The molecule has 4 heteroatoms. The van der Waals surface area contributed by atoms with Crippen LogP contribution in [0.4, 0.5) is 0 Å². The summed E-state index contributed by atoms with van der Waals surface area (Å²) in [6, 6.07) is 18.4. The maximum atomic E-state index is 12.5. The summed E-state index contributed by atoms with van der Waals surface area (Å²) in [5.41, 5.74) is 3.19. The van der Waals surface area contributed by atoms with Gasteiger partial charge in [-0.2, -0.15) is 0 Å². The molecule has 0 aliphatic carbocycles. The molecule has 0 bridgehead atoms. The zero-order valence-corrected chi connectivity index (χ0v) is 16.5. The molecule has 0 spiro atoms. The summed E-state index contributed by atoms with van der Waals surface area (Å²) in [7, 11) is 0. The Labute approximate surface area is 159 Å². The summed E-state index contributed by atoms with van der Waals surface area (Å²) in [6.45, 7) is 4.93. The molecule has 3 rings (SSSR count). The van der Waals surface area contributed by atoms with Gasteiger partial charge in [-0.1, -0.05) is 56.3 Å². The van der Waals surface area contributed by atoms with Crippen molar-refractivity contribution in [2.24, 2.45) is 0 Å². The molecule has 132 valence electrons. The number of rotatable bonds is 5. The van der Waals surface area contributed by atoms with Crippen molar-refractivity contribution in [1.82, 2.24) is 5.32 Å². The molecule has 1 heterocycles. The molecule has 2 aromatic carbocycles. The molecule has 1 saturated heterocycles. The quantitative estimate of drug-likeness (QED) is 0.777. The standard InChI is InChI=1S/C21H25NOS2/c1-21(2,18-7-4-3-5-8-18)15-22-19(23)16-9-11-17(12-10-16)20-24-13-6-14-25-20/h3-5,7-12,20H,6,13-15H2,1-2H3,(H,22,23). The molecule has 1 aliphatic heterocycles. The fourth-order valence-electron chi connectivity index (χ4n) is 2.87. The van der Waals surface area contributed by atoms with E-state index in [9.17, 15) is 4.79 Å². The van der Waals surface area contributed by atoms with Crippen LogP contribution in [0.1, 0.15) is 46.3 Å². The van der Waals surface area contributed by atoms with E-state index in [1.54, 1.807) is 0 Å². The zero-order chi connectivity index (χ0) is 17.7. The van der Waals surface area contributed by atoms with Gasteiger partial charge in [-0.3, -0.25) is 4.79 Å². The van der Waals surface area contributed by atoms with Crippen molar-refractivity contribution in [2.75, 3.05) is 18.1 Å². The Morgan fingerprint density at radius 2 is 1.68 bits per heavy atom. The van der Waals surface area contributed by atoms with Crippen LogP contribution in [0.3, 0.4) is 0 Å². The van der Waals surface area contributed by atoms with E-state index in [4.69, 9.17) is 0 Å². The number of benzene rings is 2. The highest BCUT2D eigenvalue weighted by molar-refractivity contribution is 8.16.